The van der Waals surface area contributed by atoms with Crippen molar-refractivity contribution < 1.29 is 28.2 Å². The Morgan fingerprint density at radius 3 is 2.76 bits per heavy atom. The summed E-state index contributed by atoms with van der Waals surface area (Å²) in [5, 5.41) is 3.70. The highest BCUT2D eigenvalue weighted by molar-refractivity contribution is 6.00. The molecule has 0 radical (unpaired) electrons. The number of esters is 1. The number of nitrogens with one attached hydrogen (secondary N) is 2. The number of likely N-dealkylation sites (tertiary alicyclic amines) is 1. The smallest absolute Gasteiger partial charge is 0.354 e. The molecule has 1 aliphatic rings. The molecule has 0 aliphatic carbocycles. The van der Waals surface area contributed by atoms with E-state index in [0.29, 0.717) is 63.1 Å². The summed E-state index contributed by atoms with van der Waals surface area (Å²) in [5.41, 5.74) is 7.33. The van der Waals surface area contributed by atoms with Gasteiger partial charge in [0.15, 0.2) is 0 Å². The summed E-state index contributed by atoms with van der Waals surface area (Å²) in [6, 6.07) is 6.01. The number of hydrogen-bond acceptors (Lipinski definition) is 6. The van der Waals surface area contributed by atoms with Crippen LogP contribution in [0.4, 0.5) is 10.1 Å². The third-order valence-electron chi connectivity index (χ3n) is 6.84. The lowest BCUT2D eigenvalue weighted by molar-refractivity contribution is -0.140. The van der Waals surface area contributed by atoms with Gasteiger partial charge in [0.05, 0.1) is 6.61 Å². The molecule has 3 rings (SSSR count). The van der Waals surface area contributed by atoms with Crippen LogP contribution in [0.3, 0.4) is 0 Å². The summed E-state index contributed by atoms with van der Waals surface area (Å²) in [6.07, 6.45) is 4.50. The average molecular weight is 519 g/mol. The van der Waals surface area contributed by atoms with Crippen molar-refractivity contribution in [3.8, 4) is 0 Å². The van der Waals surface area contributed by atoms with E-state index in [1.54, 1.807) is 36.3 Å². The summed E-state index contributed by atoms with van der Waals surface area (Å²) in [7, 11) is 1.59. The Labute approximate surface area is 217 Å². The van der Waals surface area contributed by atoms with Gasteiger partial charge in [-0.3, -0.25) is 9.59 Å². The monoisotopic (exact) mass is 518 g/mol. The van der Waals surface area contributed by atoms with Crippen molar-refractivity contribution in [2.45, 2.75) is 64.0 Å². The highest BCUT2D eigenvalue weighted by Gasteiger charge is 2.36. The molecule has 204 valence electrons. The average Bonchev–Trinajstić information content (AvgIpc) is 3.56. The van der Waals surface area contributed by atoms with Crippen LogP contribution in [0.25, 0.3) is 10.9 Å². The quantitative estimate of drug-likeness (QED) is 0.258. The van der Waals surface area contributed by atoms with E-state index in [9.17, 15) is 18.8 Å². The van der Waals surface area contributed by atoms with Crippen molar-refractivity contribution in [1.29, 1.82) is 0 Å². The predicted octanol–water partition coefficient (Wildman–Crippen LogP) is 3.78. The van der Waals surface area contributed by atoms with Gasteiger partial charge in [-0.05, 0) is 56.4 Å². The Morgan fingerprint density at radius 2 is 2.03 bits per heavy atom. The molecule has 2 aromatic rings. The van der Waals surface area contributed by atoms with Crippen molar-refractivity contribution >= 4 is 34.4 Å². The third-order valence-corrected chi connectivity index (χ3v) is 6.84. The molecule has 0 saturated carbocycles. The number of nitrogens with zero attached hydrogens (tertiary/aromatic N) is 1. The molecule has 1 unspecified atom stereocenters. The zero-order valence-corrected chi connectivity index (χ0v) is 21.8. The first kappa shape index (κ1) is 28.6. The van der Waals surface area contributed by atoms with Gasteiger partial charge in [-0.25, -0.2) is 9.18 Å². The number of H-pyrrole nitrogens is 1. The summed E-state index contributed by atoms with van der Waals surface area (Å²) >= 11 is 0. The second-order valence-corrected chi connectivity index (χ2v) is 9.60. The van der Waals surface area contributed by atoms with Gasteiger partial charge in [0.25, 0.3) is 0 Å². The number of fused-ring (bicyclic) bond motifs is 1. The molecule has 37 heavy (non-hydrogen) atoms. The van der Waals surface area contributed by atoms with Gasteiger partial charge in [0.1, 0.15) is 18.4 Å². The number of benzene rings is 1. The van der Waals surface area contributed by atoms with Crippen LogP contribution < -0.4 is 11.1 Å². The Kier molecular flexibility index (Phi) is 10.9. The van der Waals surface area contributed by atoms with Crippen molar-refractivity contribution in [1.82, 2.24) is 9.88 Å². The molecule has 0 spiro atoms. The summed E-state index contributed by atoms with van der Waals surface area (Å²) in [6.45, 7) is 2.72. The van der Waals surface area contributed by atoms with Crippen LogP contribution in [-0.2, 0) is 19.1 Å². The van der Waals surface area contributed by atoms with Crippen LogP contribution >= 0.6 is 0 Å². The molecule has 9 nitrogen and oxygen atoms in total. The maximum Gasteiger partial charge on any atom is 0.354 e. The molecule has 1 aromatic carbocycles. The number of hydrogen-bond donors (Lipinski definition) is 3. The van der Waals surface area contributed by atoms with E-state index in [-0.39, 0.29) is 24.3 Å². The normalized spacial score (nSPS) is 17.1. The van der Waals surface area contributed by atoms with Gasteiger partial charge < -0.3 is 30.4 Å². The molecular formula is C27H39FN4O5. The number of aromatic nitrogens is 1. The first-order chi connectivity index (χ1) is 17.9. The first-order valence-electron chi connectivity index (χ1n) is 13.1. The molecule has 0 bridgehead atoms. The number of anilines is 1. The standard InChI is InChI=1S/C27H39FN4O5/c1-3-18(7-4-8-20(29)17-28)26(34)32-12-5-9-24(32)25(33)30-21-10-11-22-19(15-21)16-23(31-22)27(35)37-14-6-13-36-2/h10-11,15-16,18,20,24,31H,3-9,12-14,17,29H2,1-2H3,(H,30,33)/t18-,20?,24+/m1/s1. The van der Waals surface area contributed by atoms with E-state index in [0.717, 1.165) is 17.3 Å². The number of carbonyl (C=O) groups is 3. The van der Waals surface area contributed by atoms with Gasteiger partial charge in [-0.15, -0.1) is 0 Å². The predicted molar refractivity (Wildman–Crippen MR) is 140 cm³/mol. The zero-order chi connectivity index (χ0) is 26.8. The minimum atomic E-state index is -0.562. The molecule has 1 fully saturated rings. The number of methoxy groups -OCH3 is 1. The molecule has 4 N–H and O–H groups in total. The molecule has 1 saturated heterocycles. The van der Waals surface area contributed by atoms with Crippen molar-refractivity contribution in [3.63, 3.8) is 0 Å². The van der Waals surface area contributed by atoms with Crippen molar-refractivity contribution in [2.75, 3.05) is 38.9 Å². The maximum absolute atomic E-state index is 13.2. The zero-order valence-electron chi connectivity index (χ0n) is 21.8. The molecule has 2 heterocycles. The number of alkyl halides is 1. The highest BCUT2D eigenvalue weighted by Crippen LogP contribution is 2.26. The van der Waals surface area contributed by atoms with Gasteiger partial charge in [0.2, 0.25) is 11.8 Å². The molecular weight excluding hydrogens is 479 g/mol. The molecule has 1 aliphatic heterocycles. The number of carbonyl (C=O) groups excluding carboxylic acids is 3. The fraction of sp³-hybridized carbons (Fsp3) is 0.593. The van der Waals surface area contributed by atoms with Crippen LogP contribution in [0, 0.1) is 5.92 Å². The lowest BCUT2D eigenvalue weighted by Crippen LogP contribution is -2.45. The van der Waals surface area contributed by atoms with Crippen LogP contribution in [0.1, 0.15) is 62.4 Å². The number of ether oxygens (including phenoxy) is 2. The molecule has 10 heteroatoms. The topological polar surface area (TPSA) is 127 Å². The van der Waals surface area contributed by atoms with Crippen LogP contribution in [0.15, 0.2) is 24.3 Å². The van der Waals surface area contributed by atoms with Crippen LogP contribution in [-0.4, -0.2) is 73.3 Å². The van der Waals surface area contributed by atoms with E-state index < -0.39 is 24.7 Å². The second-order valence-electron chi connectivity index (χ2n) is 9.60. The molecule has 2 amide bonds. The SMILES string of the molecule is CC[C@H](CCCC(N)CF)C(=O)N1CCC[C@H]1C(=O)Nc1ccc2[nH]c(C(=O)OCCCOC)cc2c1. The van der Waals surface area contributed by atoms with E-state index in [1.165, 1.54) is 0 Å². The fourth-order valence-electron chi connectivity index (χ4n) is 4.74. The van der Waals surface area contributed by atoms with E-state index >= 15 is 0 Å². The number of aromatic amines is 1. The number of amides is 2. The molecule has 1 aromatic heterocycles. The van der Waals surface area contributed by atoms with Gasteiger partial charge >= 0.3 is 5.97 Å². The fourth-order valence-corrected chi connectivity index (χ4v) is 4.74. The van der Waals surface area contributed by atoms with Gasteiger partial charge in [-0.2, -0.15) is 0 Å². The van der Waals surface area contributed by atoms with E-state index in [2.05, 4.69) is 10.3 Å². The third kappa shape index (κ3) is 7.75. The first-order valence-corrected chi connectivity index (χ1v) is 13.1. The number of halogens is 1. The maximum atomic E-state index is 13.2. The van der Waals surface area contributed by atoms with Crippen LogP contribution in [0.5, 0.6) is 0 Å². The minimum absolute atomic E-state index is 0.0243. The Morgan fingerprint density at radius 1 is 1.22 bits per heavy atom. The van der Waals surface area contributed by atoms with E-state index in [4.69, 9.17) is 15.2 Å². The van der Waals surface area contributed by atoms with E-state index in [1.807, 2.05) is 6.92 Å². The lowest BCUT2D eigenvalue weighted by Gasteiger charge is -2.28. The number of nitrogens with two attached hydrogens (primary N) is 1. The summed E-state index contributed by atoms with van der Waals surface area (Å²) in [4.78, 5) is 43.4. The van der Waals surface area contributed by atoms with Gasteiger partial charge in [-0.1, -0.05) is 13.3 Å². The lowest BCUT2D eigenvalue weighted by atomic mass is 9.96. The minimum Gasteiger partial charge on any atom is -0.461 e. The highest BCUT2D eigenvalue weighted by atomic mass is 19.1. The Balaban J connectivity index is 1.60. The number of rotatable bonds is 14. The summed E-state index contributed by atoms with van der Waals surface area (Å²) < 4.78 is 22.8. The largest absolute Gasteiger partial charge is 0.461 e. The second kappa shape index (κ2) is 14.1. The summed E-state index contributed by atoms with van der Waals surface area (Å²) in [5.74, 6) is -0.907. The van der Waals surface area contributed by atoms with Crippen molar-refractivity contribution in [2.24, 2.45) is 11.7 Å². The molecule has 3 atom stereocenters. The Hall–Kier alpha value is -2.98. The van der Waals surface area contributed by atoms with Crippen LogP contribution in [0.2, 0.25) is 0 Å². The van der Waals surface area contributed by atoms with Gasteiger partial charge in [0, 0.05) is 55.2 Å². The van der Waals surface area contributed by atoms with Crippen molar-refractivity contribution in [3.05, 3.63) is 30.0 Å². The Bertz CT molecular complexity index is 1060.